The maximum atomic E-state index is 9.18. The number of likely N-dealkylation sites (tertiary alicyclic amines) is 2. The van der Waals surface area contributed by atoms with E-state index in [1.165, 1.54) is 67.6 Å². The fourth-order valence-corrected chi connectivity index (χ4v) is 6.00. The van der Waals surface area contributed by atoms with Crippen LogP contribution in [0.2, 0.25) is 0 Å². The number of aromatic amines is 1. The molecule has 2 aromatic rings. The summed E-state index contributed by atoms with van der Waals surface area (Å²) in [6.07, 6.45) is 19.5. The third kappa shape index (κ3) is 6.17. The molecule has 5 rings (SSSR count). The highest BCUT2D eigenvalue weighted by Gasteiger charge is 2.23. The average molecular weight is 523 g/mol. The summed E-state index contributed by atoms with van der Waals surface area (Å²) in [5.41, 5.74) is 16.3. The fourth-order valence-electron chi connectivity index (χ4n) is 6.00. The van der Waals surface area contributed by atoms with Crippen molar-refractivity contribution in [3.63, 3.8) is 0 Å². The quantitative estimate of drug-likeness (QED) is 0.279. The van der Waals surface area contributed by atoms with Gasteiger partial charge in [0.25, 0.3) is 0 Å². The van der Waals surface area contributed by atoms with Crippen LogP contribution in [0.3, 0.4) is 0 Å². The van der Waals surface area contributed by atoms with Crippen molar-refractivity contribution in [3.8, 4) is 0 Å². The summed E-state index contributed by atoms with van der Waals surface area (Å²) in [7, 11) is 0. The number of hydrogen-bond acceptors (Lipinski definition) is 5. The van der Waals surface area contributed by atoms with Gasteiger partial charge in [0.05, 0.1) is 11.4 Å². The summed E-state index contributed by atoms with van der Waals surface area (Å²) in [5.74, 6) is 0.368. The first-order chi connectivity index (χ1) is 18.9. The number of nitrogens with two attached hydrogens (primary N) is 1. The summed E-state index contributed by atoms with van der Waals surface area (Å²) in [4.78, 5) is 13.1. The van der Waals surface area contributed by atoms with Gasteiger partial charge in [-0.25, -0.2) is 4.98 Å². The Morgan fingerprint density at radius 1 is 1.10 bits per heavy atom. The number of anilines is 1. The molecule has 4 N–H and O–H groups in total. The molecule has 6 heteroatoms. The number of hydrogen-bond donors (Lipinski definition) is 3. The van der Waals surface area contributed by atoms with Gasteiger partial charge in [0.1, 0.15) is 5.82 Å². The molecule has 1 aliphatic carbocycles. The lowest BCUT2D eigenvalue weighted by Crippen LogP contribution is -2.28. The summed E-state index contributed by atoms with van der Waals surface area (Å²) in [6, 6.07) is 4.13. The molecule has 0 radical (unpaired) electrons. The van der Waals surface area contributed by atoms with Gasteiger partial charge in [-0.1, -0.05) is 42.0 Å². The Morgan fingerprint density at radius 2 is 1.85 bits per heavy atom. The van der Waals surface area contributed by atoms with Crippen LogP contribution in [-0.2, 0) is 6.42 Å². The van der Waals surface area contributed by atoms with Gasteiger partial charge in [0.2, 0.25) is 0 Å². The van der Waals surface area contributed by atoms with Crippen molar-refractivity contribution in [1.29, 1.82) is 5.41 Å². The third-order valence-corrected chi connectivity index (χ3v) is 8.01. The number of allylic oxidation sites excluding steroid dienone is 7. The number of nitrogens with zero attached hydrogens (tertiary/aromatic N) is 3. The van der Waals surface area contributed by atoms with Crippen LogP contribution in [0.5, 0.6) is 0 Å². The lowest BCUT2D eigenvalue weighted by Gasteiger charge is -2.31. The predicted octanol–water partition coefficient (Wildman–Crippen LogP) is 6.35. The Morgan fingerprint density at radius 3 is 2.59 bits per heavy atom. The van der Waals surface area contributed by atoms with Crippen molar-refractivity contribution in [2.75, 3.05) is 38.5 Å². The standard InChI is InChI=1S/C33H42N6/c1-4-10-25(17-24(3)22-38-13-8-9-14-38)26-19-28(33(35)36-21-26)32(34)30-20-27-29(37-30)18-23(2)11-12-31(27)39-15-6-5-7-16-39/h4,10-12,17,19-21,34,37H,1,5-9,13-16,18,22H2,2-3H3,(H2,35,36)/b24-17+,25-10+,34-32?. The number of aromatic nitrogens is 2. The highest BCUT2D eigenvalue weighted by molar-refractivity contribution is 6.13. The smallest absolute Gasteiger partial charge is 0.132 e. The van der Waals surface area contributed by atoms with Crippen molar-refractivity contribution >= 4 is 22.8 Å². The molecule has 2 saturated heterocycles. The minimum Gasteiger partial charge on any atom is -0.383 e. The monoisotopic (exact) mass is 522 g/mol. The first-order valence-electron chi connectivity index (χ1n) is 14.3. The predicted molar refractivity (Wildman–Crippen MR) is 164 cm³/mol. The van der Waals surface area contributed by atoms with Crippen LogP contribution in [0.15, 0.2) is 66.4 Å². The second kappa shape index (κ2) is 12.0. The Labute approximate surface area is 233 Å². The highest BCUT2D eigenvalue weighted by atomic mass is 15.1. The van der Waals surface area contributed by atoms with Gasteiger partial charge in [0, 0.05) is 60.3 Å². The molecule has 0 saturated carbocycles. The van der Waals surface area contributed by atoms with Crippen LogP contribution >= 0.6 is 0 Å². The van der Waals surface area contributed by atoms with Crippen molar-refractivity contribution in [2.24, 2.45) is 0 Å². The molecule has 0 spiro atoms. The molecule has 2 aromatic heterocycles. The number of rotatable bonds is 8. The molecule has 39 heavy (non-hydrogen) atoms. The molecule has 4 heterocycles. The van der Waals surface area contributed by atoms with E-state index in [-0.39, 0.29) is 0 Å². The number of nitrogens with one attached hydrogen (secondary N) is 2. The minimum absolute atomic E-state index is 0.366. The molecular weight excluding hydrogens is 480 g/mol. The van der Waals surface area contributed by atoms with E-state index in [0.29, 0.717) is 17.1 Å². The molecule has 204 valence electrons. The van der Waals surface area contributed by atoms with E-state index in [1.54, 1.807) is 6.20 Å². The van der Waals surface area contributed by atoms with E-state index < -0.39 is 0 Å². The zero-order valence-corrected chi connectivity index (χ0v) is 23.5. The average Bonchev–Trinajstić information content (AvgIpc) is 3.56. The van der Waals surface area contributed by atoms with Crippen LogP contribution in [0.1, 0.15) is 74.0 Å². The molecule has 3 aliphatic rings. The number of fused-ring (bicyclic) bond motifs is 1. The van der Waals surface area contributed by atoms with Crippen LogP contribution in [-0.4, -0.2) is 58.2 Å². The molecule has 2 aliphatic heterocycles. The van der Waals surface area contributed by atoms with Crippen molar-refractivity contribution < 1.29 is 0 Å². The normalized spacial score (nSPS) is 18.9. The van der Waals surface area contributed by atoms with Crippen LogP contribution < -0.4 is 5.73 Å². The highest BCUT2D eigenvalue weighted by Crippen LogP contribution is 2.32. The largest absolute Gasteiger partial charge is 0.383 e. The van der Waals surface area contributed by atoms with Crippen LogP contribution in [0, 0.1) is 5.41 Å². The Balaban J connectivity index is 1.45. The topological polar surface area (TPSA) is 85.0 Å². The number of piperidine rings is 1. The van der Waals surface area contributed by atoms with Crippen molar-refractivity contribution in [1.82, 2.24) is 19.8 Å². The Kier molecular flexibility index (Phi) is 8.32. The third-order valence-electron chi connectivity index (χ3n) is 8.01. The second-order valence-electron chi connectivity index (χ2n) is 11.2. The first-order valence-corrected chi connectivity index (χ1v) is 14.3. The summed E-state index contributed by atoms with van der Waals surface area (Å²) >= 11 is 0. The second-order valence-corrected chi connectivity index (χ2v) is 11.2. The van der Waals surface area contributed by atoms with Gasteiger partial charge >= 0.3 is 0 Å². The van der Waals surface area contributed by atoms with Gasteiger partial charge in [-0.2, -0.15) is 0 Å². The zero-order chi connectivity index (χ0) is 27.4. The van der Waals surface area contributed by atoms with E-state index >= 15 is 0 Å². The summed E-state index contributed by atoms with van der Waals surface area (Å²) in [5, 5.41) is 9.18. The molecule has 0 aromatic carbocycles. The van der Waals surface area contributed by atoms with Gasteiger partial charge in [-0.3, -0.25) is 10.3 Å². The van der Waals surface area contributed by atoms with Crippen LogP contribution in [0.25, 0.3) is 11.3 Å². The molecule has 0 atom stereocenters. The lowest BCUT2D eigenvalue weighted by molar-refractivity contribution is 0.326. The molecule has 0 unspecified atom stereocenters. The van der Waals surface area contributed by atoms with Gasteiger partial charge in [0.15, 0.2) is 0 Å². The summed E-state index contributed by atoms with van der Waals surface area (Å²) in [6.45, 7) is 13.7. The zero-order valence-electron chi connectivity index (χ0n) is 23.5. The van der Waals surface area contributed by atoms with Gasteiger partial charge in [-0.15, -0.1) is 0 Å². The molecule has 0 amide bonds. The van der Waals surface area contributed by atoms with Crippen molar-refractivity contribution in [2.45, 2.75) is 52.4 Å². The Hall–Kier alpha value is -3.64. The van der Waals surface area contributed by atoms with Gasteiger partial charge < -0.3 is 15.6 Å². The van der Waals surface area contributed by atoms with E-state index in [0.717, 1.165) is 48.6 Å². The summed E-state index contributed by atoms with van der Waals surface area (Å²) < 4.78 is 0. The SMILES string of the molecule is C=C/C=C(\C=C(/C)CN1CCCC1)c1cnc(N)c(C(=N)c2cc3c([nH]2)CC(C)=CC=C3N2CCCCC2)c1. The molecule has 6 nitrogen and oxygen atoms in total. The van der Waals surface area contributed by atoms with Gasteiger partial charge in [-0.05, 0) is 82.8 Å². The van der Waals surface area contributed by atoms with Crippen LogP contribution in [0.4, 0.5) is 5.82 Å². The molecule has 2 fully saturated rings. The van der Waals surface area contributed by atoms with E-state index in [9.17, 15) is 5.41 Å². The van der Waals surface area contributed by atoms with E-state index in [4.69, 9.17) is 5.73 Å². The number of nitrogen functional groups attached to an aromatic ring is 1. The van der Waals surface area contributed by atoms with E-state index in [2.05, 4.69) is 64.5 Å². The maximum Gasteiger partial charge on any atom is 0.132 e. The van der Waals surface area contributed by atoms with Crippen molar-refractivity contribution in [3.05, 3.63) is 94.5 Å². The molecular formula is C33H42N6. The Bertz CT molecular complexity index is 1360. The lowest BCUT2D eigenvalue weighted by atomic mass is 9.99. The first kappa shape index (κ1) is 26.9. The molecule has 0 bridgehead atoms. The number of pyridine rings is 1. The number of H-pyrrole nitrogens is 1. The van der Waals surface area contributed by atoms with E-state index in [1.807, 2.05) is 18.2 Å². The fraction of sp³-hybridized carbons (Fsp3) is 0.394. The minimum atomic E-state index is 0.366. The maximum absolute atomic E-state index is 9.18.